The molecule has 1 atom stereocenters. The van der Waals surface area contributed by atoms with Crippen molar-refractivity contribution in [3.63, 3.8) is 0 Å². The molecule has 2 fully saturated rings. The number of hydrogen-bond donors (Lipinski definition) is 1. The highest BCUT2D eigenvalue weighted by molar-refractivity contribution is 5.23. The van der Waals surface area contributed by atoms with Crippen LogP contribution in [0.2, 0.25) is 0 Å². The van der Waals surface area contributed by atoms with Gasteiger partial charge in [-0.15, -0.1) is 0 Å². The van der Waals surface area contributed by atoms with Crippen molar-refractivity contribution in [3.8, 4) is 0 Å². The quantitative estimate of drug-likeness (QED) is 0.887. The molecule has 0 radical (unpaired) electrons. The minimum atomic E-state index is 0.703. The molecule has 1 aromatic rings. The third kappa shape index (κ3) is 4.05. The number of morpholine rings is 1. The van der Waals surface area contributed by atoms with E-state index in [4.69, 9.17) is 4.74 Å². The molecule has 2 aliphatic heterocycles. The van der Waals surface area contributed by atoms with E-state index in [1.807, 2.05) is 0 Å². The highest BCUT2D eigenvalue weighted by Crippen LogP contribution is 2.13. The number of nitrogens with zero attached hydrogens (tertiary/aromatic N) is 1. The smallest absolute Gasteiger partial charge is 0.0594 e. The van der Waals surface area contributed by atoms with Gasteiger partial charge in [0.1, 0.15) is 0 Å². The maximum atomic E-state index is 5.38. The van der Waals surface area contributed by atoms with E-state index in [9.17, 15) is 0 Å². The summed E-state index contributed by atoms with van der Waals surface area (Å²) in [5.41, 5.74) is 2.93. The molecule has 1 unspecified atom stereocenters. The highest BCUT2D eigenvalue weighted by atomic mass is 16.5. The zero-order valence-corrected chi connectivity index (χ0v) is 12.3. The second kappa shape index (κ2) is 7.21. The molecule has 2 aliphatic rings. The molecule has 0 aromatic heterocycles. The molecule has 0 aliphatic carbocycles. The van der Waals surface area contributed by atoms with Crippen molar-refractivity contribution < 1.29 is 4.74 Å². The van der Waals surface area contributed by atoms with Crippen LogP contribution >= 0.6 is 0 Å². The van der Waals surface area contributed by atoms with Crippen molar-refractivity contribution in [2.24, 2.45) is 0 Å². The van der Waals surface area contributed by atoms with Gasteiger partial charge in [-0.25, -0.2) is 0 Å². The van der Waals surface area contributed by atoms with E-state index in [1.54, 1.807) is 0 Å². The molecule has 0 bridgehead atoms. The van der Waals surface area contributed by atoms with Crippen LogP contribution in [0.4, 0.5) is 0 Å². The molecule has 0 amide bonds. The molecule has 20 heavy (non-hydrogen) atoms. The van der Waals surface area contributed by atoms with Crippen molar-refractivity contribution in [1.29, 1.82) is 0 Å². The first-order valence-electron chi connectivity index (χ1n) is 8.01. The van der Waals surface area contributed by atoms with E-state index in [0.717, 1.165) is 39.3 Å². The average Bonchev–Trinajstić information content (AvgIpc) is 3.01. The largest absolute Gasteiger partial charge is 0.379 e. The lowest BCUT2D eigenvalue weighted by molar-refractivity contribution is 0.0384. The minimum absolute atomic E-state index is 0.703. The number of benzene rings is 1. The predicted molar refractivity (Wildman–Crippen MR) is 82.1 cm³/mol. The summed E-state index contributed by atoms with van der Waals surface area (Å²) < 4.78 is 5.38. The SMILES string of the molecule is c1cc(CC2CCCN2)ccc1CCN1CCOCC1. The van der Waals surface area contributed by atoms with Crippen molar-refractivity contribution in [3.05, 3.63) is 35.4 Å². The van der Waals surface area contributed by atoms with Gasteiger partial charge in [0, 0.05) is 25.7 Å². The fraction of sp³-hybridized carbons (Fsp3) is 0.647. The summed E-state index contributed by atoms with van der Waals surface area (Å²) in [6.45, 7) is 6.33. The van der Waals surface area contributed by atoms with Gasteiger partial charge in [-0.05, 0) is 43.4 Å². The van der Waals surface area contributed by atoms with Crippen LogP contribution in [0, 0.1) is 0 Å². The molecular formula is C17H26N2O. The van der Waals surface area contributed by atoms with Crippen molar-refractivity contribution >= 4 is 0 Å². The molecule has 0 spiro atoms. The lowest BCUT2D eigenvalue weighted by Crippen LogP contribution is -2.37. The van der Waals surface area contributed by atoms with Gasteiger partial charge in [0.25, 0.3) is 0 Å². The van der Waals surface area contributed by atoms with Crippen molar-refractivity contribution in [1.82, 2.24) is 10.2 Å². The van der Waals surface area contributed by atoms with Gasteiger partial charge in [-0.2, -0.15) is 0 Å². The molecule has 1 aromatic carbocycles. The Labute approximate surface area is 122 Å². The summed E-state index contributed by atoms with van der Waals surface area (Å²) in [6, 6.07) is 9.95. The molecule has 110 valence electrons. The van der Waals surface area contributed by atoms with E-state index in [2.05, 4.69) is 34.5 Å². The fourth-order valence-electron chi connectivity index (χ4n) is 3.17. The lowest BCUT2D eigenvalue weighted by atomic mass is 10.0. The Morgan fingerprint density at radius 3 is 2.55 bits per heavy atom. The first kappa shape index (κ1) is 14.1. The van der Waals surface area contributed by atoms with Gasteiger partial charge in [-0.1, -0.05) is 24.3 Å². The monoisotopic (exact) mass is 274 g/mol. The van der Waals surface area contributed by atoms with Crippen LogP contribution in [-0.2, 0) is 17.6 Å². The van der Waals surface area contributed by atoms with E-state index < -0.39 is 0 Å². The summed E-state index contributed by atoms with van der Waals surface area (Å²) in [6.07, 6.45) is 5.01. The van der Waals surface area contributed by atoms with E-state index in [-0.39, 0.29) is 0 Å². The normalized spacial score (nSPS) is 24.1. The van der Waals surface area contributed by atoms with Crippen LogP contribution in [0.5, 0.6) is 0 Å². The second-order valence-corrected chi connectivity index (χ2v) is 6.02. The third-order valence-electron chi connectivity index (χ3n) is 4.49. The summed E-state index contributed by atoms with van der Waals surface area (Å²) in [4.78, 5) is 2.50. The third-order valence-corrected chi connectivity index (χ3v) is 4.49. The van der Waals surface area contributed by atoms with E-state index in [0.29, 0.717) is 6.04 Å². The summed E-state index contributed by atoms with van der Waals surface area (Å²) >= 11 is 0. The summed E-state index contributed by atoms with van der Waals surface area (Å²) in [5, 5.41) is 3.57. The van der Waals surface area contributed by atoms with Gasteiger partial charge >= 0.3 is 0 Å². The standard InChI is InChI=1S/C17H26N2O/c1-2-17(18-8-1)14-16-5-3-15(4-6-16)7-9-19-10-12-20-13-11-19/h3-6,17-18H,1-2,7-14H2. The van der Waals surface area contributed by atoms with Gasteiger partial charge in [-0.3, -0.25) is 4.90 Å². The number of ether oxygens (including phenoxy) is 1. The zero-order valence-electron chi connectivity index (χ0n) is 12.3. The van der Waals surface area contributed by atoms with Crippen LogP contribution in [0.25, 0.3) is 0 Å². The Hall–Kier alpha value is -0.900. The van der Waals surface area contributed by atoms with Crippen molar-refractivity contribution in [2.75, 3.05) is 39.4 Å². The maximum Gasteiger partial charge on any atom is 0.0594 e. The van der Waals surface area contributed by atoms with Crippen LogP contribution in [-0.4, -0.2) is 50.3 Å². The Balaban J connectivity index is 1.45. The molecule has 3 nitrogen and oxygen atoms in total. The van der Waals surface area contributed by atoms with Crippen LogP contribution in [0.3, 0.4) is 0 Å². The average molecular weight is 274 g/mol. The maximum absolute atomic E-state index is 5.38. The van der Waals surface area contributed by atoms with Gasteiger partial charge in [0.2, 0.25) is 0 Å². The Kier molecular flexibility index (Phi) is 5.06. The fourth-order valence-corrected chi connectivity index (χ4v) is 3.17. The van der Waals surface area contributed by atoms with Gasteiger partial charge in [0.15, 0.2) is 0 Å². The molecular weight excluding hydrogens is 248 g/mol. The predicted octanol–water partition coefficient (Wildman–Crippen LogP) is 1.86. The molecule has 0 saturated carbocycles. The van der Waals surface area contributed by atoms with Gasteiger partial charge < -0.3 is 10.1 Å². The molecule has 3 rings (SSSR count). The Morgan fingerprint density at radius 2 is 1.85 bits per heavy atom. The van der Waals surface area contributed by atoms with Crippen molar-refractivity contribution in [2.45, 2.75) is 31.7 Å². The highest BCUT2D eigenvalue weighted by Gasteiger charge is 2.14. The first-order valence-corrected chi connectivity index (χ1v) is 8.01. The van der Waals surface area contributed by atoms with E-state index >= 15 is 0 Å². The van der Waals surface area contributed by atoms with Gasteiger partial charge in [0.05, 0.1) is 13.2 Å². The molecule has 1 N–H and O–H groups in total. The Bertz CT molecular complexity index is 392. The lowest BCUT2D eigenvalue weighted by Gasteiger charge is -2.26. The van der Waals surface area contributed by atoms with Crippen LogP contribution in [0.15, 0.2) is 24.3 Å². The summed E-state index contributed by atoms with van der Waals surface area (Å²) in [5.74, 6) is 0. The number of rotatable bonds is 5. The second-order valence-electron chi connectivity index (χ2n) is 6.02. The minimum Gasteiger partial charge on any atom is -0.379 e. The van der Waals surface area contributed by atoms with E-state index in [1.165, 1.54) is 36.9 Å². The Morgan fingerprint density at radius 1 is 1.10 bits per heavy atom. The number of hydrogen-bond acceptors (Lipinski definition) is 3. The molecule has 3 heteroatoms. The topological polar surface area (TPSA) is 24.5 Å². The van der Waals surface area contributed by atoms with Crippen LogP contribution in [0.1, 0.15) is 24.0 Å². The summed E-state index contributed by atoms with van der Waals surface area (Å²) in [7, 11) is 0. The number of nitrogens with one attached hydrogen (secondary N) is 1. The zero-order chi connectivity index (χ0) is 13.6. The molecule has 2 saturated heterocycles. The molecule has 2 heterocycles. The van der Waals surface area contributed by atoms with Crippen LogP contribution < -0.4 is 5.32 Å². The first-order chi connectivity index (χ1) is 9.90.